The number of nitrogens with one attached hydrogen (secondary N) is 3. The molecule has 2 heterocycles. The lowest BCUT2D eigenvalue weighted by Crippen LogP contribution is -2.29. The lowest BCUT2D eigenvalue weighted by molar-refractivity contribution is 0.243. The van der Waals surface area contributed by atoms with Gasteiger partial charge in [0.25, 0.3) is 0 Å². The molecule has 0 amide bonds. The van der Waals surface area contributed by atoms with Crippen molar-refractivity contribution in [2.24, 2.45) is 0 Å². The first kappa shape index (κ1) is 25.3. The number of hydrogen-bond acceptors (Lipinski definition) is 8. The predicted octanol–water partition coefficient (Wildman–Crippen LogP) is 3.86. The van der Waals surface area contributed by atoms with Gasteiger partial charge in [0.05, 0.1) is 18.0 Å². The van der Waals surface area contributed by atoms with Crippen LogP contribution in [0.2, 0.25) is 5.02 Å². The highest BCUT2D eigenvalue weighted by atomic mass is 35.5. The summed E-state index contributed by atoms with van der Waals surface area (Å²) in [5.41, 5.74) is 4.28. The van der Waals surface area contributed by atoms with Crippen molar-refractivity contribution in [3.05, 3.63) is 58.7 Å². The molecule has 1 aromatic heterocycles. The van der Waals surface area contributed by atoms with Crippen LogP contribution in [0.1, 0.15) is 43.7 Å². The molecular formula is C25H31BClN5O3. The minimum Gasteiger partial charge on any atom is -0.489 e. The number of piperidine rings is 1. The Hall–Kier alpha value is -2.85. The largest absolute Gasteiger partial charge is 0.489 e. The molecule has 0 atom stereocenters. The molecule has 1 aliphatic rings. The number of hydrogen-bond donors (Lipinski definition) is 5. The van der Waals surface area contributed by atoms with E-state index in [9.17, 15) is 10.0 Å². The third-order valence-corrected chi connectivity index (χ3v) is 6.22. The SMILES string of the molecule is Cc1cc(Nc2ncc(Cl)c(Nc3cccc(B(O)O)c3)n2)c(OC(C)C)cc1C1CCNCC1. The monoisotopic (exact) mass is 495 g/mol. The standard InChI is InChI=1S/C25H31BClN5O3/c1-15(2)35-23-13-20(17-7-9-28-10-8-17)16(3)11-22(23)31-25-29-14-21(27)24(32-25)30-19-6-4-5-18(12-19)26(33)34/h4-6,11-15,17,28,33-34H,7-10H2,1-3H3,(H2,29,30,31,32). The minimum atomic E-state index is -1.56. The highest BCUT2D eigenvalue weighted by Gasteiger charge is 2.20. The van der Waals surface area contributed by atoms with E-state index in [0.717, 1.165) is 37.4 Å². The number of rotatable bonds is 8. The van der Waals surface area contributed by atoms with Gasteiger partial charge in [-0.1, -0.05) is 23.7 Å². The highest BCUT2D eigenvalue weighted by molar-refractivity contribution is 6.58. The van der Waals surface area contributed by atoms with Crippen molar-refractivity contribution in [3.63, 3.8) is 0 Å². The van der Waals surface area contributed by atoms with Crippen LogP contribution in [0.3, 0.4) is 0 Å². The van der Waals surface area contributed by atoms with Gasteiger partial charge in [0.1, 0.15) is 10.8 Å². The summed E-state index contributed by atoms with van der Waals surface area (Å²) in [6, 6.07) is 11.0. The Morgan fingerprint density at radius 1 is 1.14 bits per heavy atom. The van der Waals surface area contributed by atoms with Crippen LogP contribution >= 0.6 is 11.6 Å². The summed E-state index contributed by atoms with van der Waals surface area (Å²) in [7, 11) is -1.56. The fraction of sp³-hybridized carbons (Fsp3) is 0.360. The van der Waals surface area contributed by atoms with Gasteiger partial charge in [0.2, 0.25) is 5.95 Å². The van der Waals surface area contributed by atoms with Crippen LogP contribution < -0.4 is 26.2 Å². The summed E-state index contributed by atoms with van der Waals surface area (Å²) in [5, 5.41) is 29.1. The predicted molar refractivity (Wildman–Crippen MR) is 142 cm³/mol. The fourth-order valence-corrected chi connectivity index (χ4v) is 4.41. The van der Waals surface area contributed by atoms with Gasteiger partial charge in [-0.2, -0.15) is 4.98 Å². The molecule has 10 heteroatoms. The molecule has 2 aromatic carbocycles. The molecule has 4 rings (SSSR count). The first-order valence-corrected chi connectivity index (χ1v) is 12.2. The molecule has 1 saturated heterocycles. The summed E-state index contributed by atoms with van der Waals surface area (Å²) in [6.45, 7) is 8.19. The molecular weight excluding hydrogens is 465 g/mol. The Balaban J connectivity index is 1.61. The first-order chi connectivity index (χ1) is 16.8. The fourth-order valence-electron chi connectivity index (χ4n) is 4.27. The maximum Gasteiger partial charge on any atom is 0.488 e. The van der Waals surface area contributed by atoms with E-state index in [1.54, 1.807) is 24.3 Å². The maximum absolute atomic E-state index is 9.44. The Bertz CT molecular complexity index is 1170. The zero-order valence-electron chi connectivity index (χ0n) is 20.2. The zero-order valence-corrected chi connectivity index (χ0v) is 20.9. The molecule has 35 heavy (non-hydrogen) atoms. The van der Waals surface area contributed by atoms with Gasteiger partial charge in [-0.05, 0) is 93.5 Å². The van der Waals surface area contributed by atoms with Crippen LogP contribution in [-0.2, 0) is 0 Å². The van der Waals surface area contributed by atoms with Crippen molar-refractivity contribution < 1.29 is 14.8 Å². The van der Waals surface area contributed by atoms with Crippen LogP contribution in [0, 0.1) is 6.92 Å². The Morgan fingerprint density at radius 2 is 1.91 bits per heavy atom. The van der Waals surface area contributed by atoms with Crippen LogP contribution in [-0.4, -0.2) is 46.3 Å². The van der Waals surface area contributed by atoms with Crippen molar-refractivity contribution in [2.75, 3.05) is 23.7 Å². The van der Waals surface area contributed by atoms with Crippen molar-refractivity contribution in [1.29, 1.82) is 0 Å². The zero-order chi connectivity index (χ0) is 24.9. The van der Waals surface area contributed by atoms with Gasteiger partial charge < -0.3 is 30.7 Å². The summed E-state index contributed by atoms with van der Waals surface area (Å²) < 4.78 is 6.17. The van der Waals surface area contributed by atoms with E-state index in [2.05, 4.69) is 45.0 Å². The van der Waals surface area contributed by atoms with Crippen molar-refractivity contribution >= 4 is 47.3 Å². The highest BCUT2D eigenvalue weighted by Crippen LogP contribution is 2.37. The lowest BCUT2D eigenvalue weighted by atomic mass is 9.80. The quantitative estimate of drug-likeness (QED) is 0.300. The molecule has 0 aliphatic carbocycles. The number of anilines is 4. The molecule has 0 unspecified atom stereocenters. The normalized spacial score (nSPS) is 14.1. The van der Waals surface area contributed by atoms with Crippen LogP contribution in [0.25, 0.3) is 0 Å². The molecule has 184 valence electrons. The van der Waals surface area contributed by atoms with E-state index >= 15 is 0 Å². The van der Waals surface area contributed by atoms with Gasteiger partial charge in [-0.3, -0.25) is 0 Å². The second kappa shape index (κ2) is 11.3. The van der Waals surface area contributed by atoms with Crippen molar-refractivity contribution in [1.82, 2.24) is 15.3 Å². The molecule has 0 bridgehead atoms. The van der Waals surface area contributed by atoms with Crippen molar-refractivity contribution in [3.8, 4) is 5.75 Å². The second-order valence-corrected chi connectivity index (χ2v) is 9.44. The van der Waals surface area contributed by atoms with E-state index in [1.165, 1.54) is 17.3 Å². The van der Waals surface area contributed by atoms with E-state index < -0.39 is 7.12 Å². The number of nitrogens with zero attached hydrogens (tertiary/aromatic N) is 2. The Kier molecular flexibility index (Phi) is 8.13. The van der Waals surface area contributed by atoms with Crippen LogP contribution in [0.4, 0.5) is 23.1 Å². The maximum atomic E-state index is 9.44. The molecule has 5 N–H and O–H groups in total. The Labute approximate surface area is 211 Å². The van der Waals surface area contributed by atoms with E-state index in [1.807, 2.05) is 13.8 Å². The molecule has 1 aliphatic heterocycles. The summed E-state index contributed by atoms with van der Waals surface area (Å²) >= 11 is 6.34. The van der Waals surface area contributed by atoms with Gasteiger partial charge >= 0.3 is 7.12 Å². The first-order valence-electron chi connectivity index (χ1n) is 11.8. The van der Waals surface area contributed by atoms with E-state index in [-0.39, 0.29) is 6.10 Å². The smallest absolute Gasteiger partial charge is 0.488 e. The summed E-state index contributed by atoms with van der Waals surface area (Å²) in [5.74, 6) is 2.02. The Morgan fingerprint density at radius 3 is 2.63 bits per heavy atom. The average molecular weight is 496 g/mol. The molecule has 0 saturated carbocycles. The third-order valence-electron chi connectivity index (χ3n) is 5.95. The number of aryl methyl sites for hydroxylation is 1. The number of ether oxygens (including phenoxy) is 1. The number of halogens is 1. The average Bonchev–Trinajstić information content (AvgIpc) is 2.83. The lowest BCUT2D eigenvalue weighted by Gasteiger charge is -2.26. The minimum absolute atomic E-state index is 0.0108. The van der Waals surface area contributed by atoms with Crippen molar-refractivity contribution in [2.45, 2.75) is 45.6 Å². The number of benzene rings is 2. The van der Waals surface area contributed by atoms with E-state index in [0.29, 0.717) is 33.9 Å². The van der Waals surface area contributed by atoms with E-state index in [4.69, 9.17) is 16.3 Å². The molecule has 3 aromatic rings. The number of aromatic nitrogens is 2. The van der Waals surface area contributed by atoms with Gasteiger partial charge in [-0.15, -0.1) is 0 Å². The molecule has 1 fully saturated rings. The summed E-state index contributed by atoms with van der Waals surface area (Å²) in [4.78, 5) is 8.89. The molecule has 8 nitrogen and oxygen atoms in total. The van der Waals surface area contributed by atoms with Gasteiger partial charge in [-0.25, -0.2) is 4.98 Å². The molecule has 0 radical (unpaired) electrons. The second-order valence-electron chi connectivity index (χ2n) is 9.04. The topological polar surface area (TPSA) is 112 Å². The molecule has 0 spiro atoms. The van der Waals surface area contributed by atoms with Gasteiger partial charge in [0, 0.05) is 5.69 Å². The summed E-state index contributed by atoms with van der Waals surface area (Å²) in [6.07, 6.45) is 3.75. The van der Waals surface area contributed by atoms with Gasteiger partial charge in [0.15, 0.2) is 5.82 Å². The van der Waals surface area contributed by atoms with Crippen LogP contribution in [0.5, 0.6) is 5.75 Å². The third kappa shape index (κ3) is 6.43. The van der Waals surface area contributed by atoms with Crippen LogP contribution in [0.15, 0.2) is 42.6 Å².